The van der Waals surface area contributed by atoms with Gasteiger partial charge in [-0.1, -0.05) is 12.1 Å². The molecule has 0 bridgehead atoms. The zero-order chi connectivity index (χ0) is 21.2. The SMILES string of the molecule is Cc1cc(C)cc(NC(=O)[C@H](C)N(c2cc([N+](=O)[O-])ccc2C)S(C)(=O)=O)c1. The summed E-state index contributed by atoms with van der Waals surface area (Å²) < 4.78 is 25.8. The summed E-state index contributed by atoms with van der Waals surface area (Å²) in [5.74, 6) is -0.540. The maximum Gasteiger partial charge on any atom is 0.271 e. The topological polar surface area (TPSA) is 110 Å². The van der Waals surface area contributed by atoms with Crippen molar-refractivity contribution in [2.45, 2.75) is 33.7 Å². The lowest BCUT2D eigenvalue weighted by atomic mass is 10.1. The van der Waals surface area contributed by atoms with Crippen molar-refractivity contribution < 1.29 is 18.1 Å². The summed E-state index contributed by atoms with van der Waals surface area (Å²) in [5.41, 5.74) is 2.81. The number of non-ortho nitro benzene ring substituents is 1. The number of amides is 1. The highest BCUT2D eigenvalue weighted by Crippen LogP contribution is 2.29. The highest BCUT2D eigenvalue weighted by atomic mass is 32.2. The lowest BCUT2D eigenvalue weighted by molar-refractivity contribution is -0.384. The van der Waals surface area contributed by atoms with Gasteiger partial charge >= 0.3 is 0 Å². The summed E-state index contributed by atoms with van der Waals surface area (Å²) in [7, 11) is -3.89. The Labute approximate surface area is 164 Å². The van der Waals surface area contributed by atoms with E-state index in [1.165, 1.54) is 19.1 Å². The van der Waals surface area contributed by atoms with Crippen molar-refractivity contribution in [2.24, 2.45) is 0 Å². The molecule has 0 unspecified atom stereocenters. The molecule has 150 valence electrons. The number of benzene rings is 2. The number of rotatable bonds is 6. The van der Waals surface area contributed by atoms with Crippen molar-refractivity contribution >= 4 is 33.0 Å². The summed E-state index contributed by atoms with van der Waals surface area (Å²) >= 11 is 0. The number of anilines is 2. The Morgan fingerprint density at radius 2 is 1.68 bits per heavy atom. The van der Waals surface area contributed by atoms with E-state index in [1.807, 2.05) is 19.9 Å². The normalized spacial score (nSPS) is 12.3. The van der Waals surface area contributed by atoms with Gasteiger partial charge in [-0.05, 0) is 56.5 Å². The smallest absolute Gasteiger partial charge is 0.271 e. The molecule has 2 aromatic rings. The molecule has 9 heteroatoms. The molecule has 0 fully saturated rings. The molecule has 0 saturated carbocycles. The van der Waals surface area contributed by atoms with Crippen molar-refractivity contribution in [3.8, 4) is 0 Å². The predicted molar refractivity (Wildman–Crippen MR) is 109 cm³/mol. The second-order valence-corrected chi connectivity index (χ2v) is 8.69. The van der Waals surface area contributed by atoms with E-state index >= 15 is 0 Å². The lowest BCUT2D eigenvalue weighted by Gasteiger charge is -2.29. The Balaban J connectivity index is 2.45. The quantitative estimate of drug-likeness (QED) is 0.586. The second kappa shape index (κ2) is 7.97. The highest BCUT2D eigenvalue weighted by molar-refractivity contribution is 7.92. The third kappa shape index (κ3) is 4.86. The minimum Gasteiger partial charge on any atom is -0.324 e. The monoisotopic (exact) mass is 405 g/mol. The first-order valence-corrected chi connectivity index (χ1v) is 10.4. The van der Waals surface area contributed by atoms with E-state index in [9.17, 15) is 23.3 Å². The van der Waals surface area contributed by atoms with Gasteiger partial charge in [-0.3, -0.25) is 19.2 Å². The van der Waals surface area contributed by atoms with E-state index in [-0.39, 0.29) is 11.4 Å². The molecule has 2 aromatic carbocycles. The molecule has 1 amide bonds. The maximum absolute atomic E-state index is 12.8. The summed E-state index contributed by atoms with van der Waals surface area (Å²) in [6, 6.07) is 8.31. The van der Waals surface area contributed by atoms with Crippen LogP contribution >= 0.6 is 0 Å². The van der Waals surface area contributed by atoms with Crippen LogP contribution in [0.4, 0.5) is 17.1 Å². The molecule has 0 radical (unpaired) electrons. The molecule has 0 heterocycles. The Morgan fingerprint density at radius 3 is 2.18 bits per heavy atom. The van der Waals surface area contributed by atoms with Crippen LogP contribution in [0.25, 0.3) is 0 Å². The Morgan fingerprint density at radius 1 is 1.11 bits per heavy atom. The Hall–Kier alpha value is -2.94. The number of aryl methyl sites for hydroxylation is 3. The molecule has 0 aromatic heterocycles. The van der Waals surface area contributed by atoms with Crippen molar-refractivity contribution in [2.75, 3.05) is 15.9 Å². The van der Waals surface area contributed by atoms with Crippen LogP contribution in [0.3, 0.4) is 0 Å². The van der Waals surface area contributed by atoms with Crippen LogP contribution in [0.5, 0.6) is 0 Å². The van der Waals surface area contributed by atoms with Crippen LogP contribution in [0.2, 0.25) is 0 Å². The lowest BCUT2D eigenvalue weighted by Crippen LogP contribution is -2.45. The van der Waals surface area contributed by atoms with Gasteiger partial charge in [0.1, 0.15) is 6.04 Å². The molecular formula is C19H23N3O5S. The largest absolute Gasteiger partial charge is 0.324 e. The molecule has 0 saturated heterocycles. The standard InChI is InChI=1S/C19H23N3O5S/c1-12-8-13(2)10-16(9-12)20-19(23)15(4)21(28(5,26)27)18-11-17(22(24)25)7-6-14(18)3/h6-11,15H,1-5H3,(H,20,23)/t15-/m0/s1. The maximum atomic E-state index is 12.8. The van der Waals surface area contributed by atoms with E-state index < -0.39 is 26.9 Å². The van der Waals surface area contributed by atoms with Crippen LogP contribution < -0.4 is 9.62 Å². The third-order valence-electron chi connectivity index (χ3n) is 4.22. The number of nitrogens with one attached hydrogen (secondary N) is 1. The fraction of sp³-hybridized carbons (Fsp3) is 0.316. The highest BCUT2D eigenvalue weighted by Gasteiger charge is 2.31. The molecule has 8 nitrogen and oxygen atoms in total. The predicted octanol–water partition coefficient (Wildman–Crippen LogP) is 3.31. The number of hydrogen-bond donors (Lipinski definition) is 1. The van der Waals surface area contributed by atoms with E-state index in [0.717, 1.165) is 27.8 Å². The third-order valence-corrected chi connectivity index (χ3v) is 5.45. The first-order valence-electron chi connectivity index (χ1n) is 8.53. The van der Waals surface area contributed by atoms with Crippen LogP contribution in [0.1, 0.15) is 23.6 Å². The molecular weight excluding hydrogens is 382 g/mol. The fourth-order valence-electron chi connectivity index (χ4n) is 3.02. The van der Waals surface area contributed by atoms with Crippen molar-refractivity contribution in [1.29, 1.82) is 0 Å². The van der Waals surface area contributed by atoms with Crippen molar-refractivity contribution in [3.63, 3.8) is 0 Å². The number of nitro groups is 1. The van der Waals surface area contributed by atoms with Gasteiger partial charge in [0.05, 0.1) is 16.9 Å². The summed E-state index contributed by atoms with van der Waals surface area (Å²) in [6.45, 7) is 6.85. The van der Waals surface area contributed by atoms with Gasteiger partial charge in [0.2, 0.25) is 15.9 Å². The number of carbonyl (C=O) groups excluding carboxylic acids is 1. The molecule has 2 rings (SSSR count). The Kier molecular flexibility index (Phi) is 6.08. The van der Waals surface area contributed by atoms with Crippen LogP contribution in [0, 0.1) is 30.9 Å². The summed E-state index contributed by atoms with van der Waals surface area (Å²) in [6.07, 6.45) is 0.964. The molecule has 0 aliphatic carbocycles. The number of hydrogen-bond acceptors (Lipinski definition) is 5. The zero-order valence-electron chi connectivity index (χ0n) is 16.4. The van der Waals surface area contributed by atoms with Gasteiger partial charge in [-0.25, -0.2) is 8.42 Å². The van der Waals surface area contributed by atoms with Gasteiger partial charge in [0, 0.05) is 17.8 Å². The minimum absolute atomic E-state index is 0.0970. The van der Waals surface area contributed by atoms with Crippen molar-refractivity contribution in [3.05, 3.63) is 63.2 Å². The van der Waals surface area contributed by atoms with Crippen LogP contribution in [0.15, 0.2) is 36.4 Å². The fourth-order valence-corrected chi connectivity index (χ4v) is 4.25. The van der Waals surface area contributed by atoms with E-state index in [2.05, 4.69) is 5.32 Å². The van der Waals surface area contributed by atoms with E-state index in [1.54, 1.807) is 19.1 Å². The molecule has 0 aliphatic rings. The molecule has 1 atom stereocenters. The van der Waals surface area contributed by atoms with Crippen LogP contribution in [-0.2, 0) is 14.8 Å². The molecule has 1 N–H and O–H groups in total. The first-order chi connectivity index (χ1) is 12.9. The van der Waals surface area contributed by atoms with E-state index in [4.69, 9.17) is 0 Å². The summed E-state index contributed by atoms with van der Waals surface area (Å²) in [4.78, 5) is 23.3. The number of carbonyl (C=O) groups is 1. The first kappa shape index (κ1) is 21.4. The van der Waals surface area contributed by atoms with Gasteiger partial charge in [0.25, 0.3) is 5.69 Å². The second-order valence-electron chi connectivity index (χ2n) is 6.83. The van der Waals surface area contributed by atoms with E-state index in [0.29, 0.717) is 11.3 Å². The minimum atomic E-state index is -3.89. The van der Waals surface area contributed by atoms with Crippen LogP contribution in [-0.4, -0.2) is 31.5 Å². The van der Waals surface area contributed by atoms with Gasteiger partial charge in [-0.2, -0.15) is 0 Å². The molecule has 0 aliphatic heterocycles. The zero-order valence-corrected chi connectivity index (χ0v) is 17.2. The average molecular weight is 405 g/mol. The van der Waals surface area contributed by atoms with Gasteiger partial charge < -0.3 is 5.32 Å². The van der Waals surface area contributed by atoms with Gasteiger partial charge in [0.15, 0.2) is 0 Å². The number of sulfonamides is 1. The summed E-state index contributed by atoms with van der Waals surface area (Å²) in [5, 5.41) is 13.8. The number of nitro benzene ring substituents is 1. The number of nitrogens with zero attached hydrogens (tertiary/aromatic N) is 2. The molecule has 0 spiro atoms. The van der Waals surface area contributed by atoms with Gasteiger partial charge in [-0.15, -0.1) is 0 Å². The van der Waals surface area contributed by atoms with Crippen molar-refractivity contribution in [1.82, 2.24) is 0 Å². The Bertz CT molecular complexity index is 1010. The average Bonchev–Trinajstić information content (AvgIpc) is 2.54. The molecule has 28 heavy (non-hydrogen) atoms.